The molecule has 0 radical (unpaired) electrons. The molecule has 1 fully saturated rings. The van der Waals surface area contributed by atoms with Crippen molar-refractivity contribution in [3.8, 4) is 33.6 Å². The van der Waals surface area contributed by atoms with Crippen molar-refractivity contribution in [1.29, 1.82) is 0 Å². The van der Waals surface area contributed by atoms with Gasteiger partial charge in [-0.1, -0.05) is 37.5 Å². The Balaban J connectivity index is 1.20. The van der Waals surface area contributed by atoms with Gasteiger partial charge in [-0.05, 0) is 83.6 Å². The second-order valence-electron chi connectivity index (χ2n) is 12.2. The van der Waals surface area contributed by atoms with E-state index in [-0.39, 0.29) is 12.5 Å². The first-order valence-corrected chi connectivity index (χ1v) is 17.3. The van der Waals surface area contributed by atoms with Gasteiger partial charge < -0.3 is 15.4 Å². The highest BCUT2D eigenvalue weighted by Gasteiger charge is 2.22. The van der Waals surface area contributed by atoms with Crippen molar-refractivity contribution in [1.82, 2.24) is 24.9 Å². The van der Waals surface area contributed by atoms with Crippen LogP contribution in [0.1, 0.15) is 37.7 Å². The summed E-state index contributed by atoms with van der Waals surface area (Å²) < 4.78 is 40.3. The van der Waals surface area contributed by atoms with Crippen molar-refractivity contribution >= 4 is 37.5 Å². The highest BCUT2D eigenvalue weighted by molar-refractivity contribution is 7.88. The SMILES string of the molecule is CS(=O)(=O)NCc1cc(F)cc(-c2cccc3[nH]c(-c4n[nH]c5ccc(-c6cncc(NC(O)C7CCCCC7)c6)cc45)cc23)c1. The molecule has 0 bridgehead atoms. The van der Waals surface area contributed by atoms with Crippen molar-refractivity contribution in [3.63, 3.8) is 0 Å². The maximum absolute atomic E-state index is 14.7. The van der Waals surface area contributed by atoms with E-state index in [1.54, 1.807) is 12.3 Å². The van der Waals surface area contributed by atoms with Gasteiger partial charge in [-0.15, -0.1) is 0 Å². The van der Waals surface area contributed by atoms with Crippen molar-refractivity contribution in [3.05, 3.63) is 90.5 Å². The van der Waals surface area contributed by atoms with Crippen molar-refractivity contribution in [2.24, 2.45) is 5.92 Å². The van der Waals surface area contributed by atoms with Gasteiger partial charge in [-0.25, -0.2) is 17.5 Å². The topological polar surface area (TPSA) is 136 Å². The molecule has 1 unspecified atom stereocenters. The lowest BCUT2D eigenvalue weighted by molar-refractivity contribution is 0.109. The Hall–Kier alpha value is -4.58. The molecular formula is C35H35FN6O3S. The Bertz CT molecular complexity index is 2150. The van der Waals surface area contributed by atoms with Gasteiger partial charge in [0.1, 0.15) is 17.7 Å². The monoisotopic (exact) mass is 638 g/mol. The Morgan fingerprint density at radius 1 is 0.935 bits per heavy atom. The lowest BCUT2D eigenvalue weighted by Crippen LogP contribution is -2.30. The van der Waals surface area contributed by atoms with E-state index in [0.29, 0.717) is 11.1 Å². The number of nitrogens with zero attached hydrogens (tertiary/aromatic N) is 2. The van der Waals surface area contributed by atoms with Gasteiger partial charge in [-0.2, -0.15) is 5.10 Å². The molecule has 1 atom stereocenters. The molecule has 0 aliphatic heterocycles. The van der Waals surface area contributed by atoms with Crippen LogP contribution in [0.15, 0.2) is 79.1 Å². The Labute approximate surface area is 266 Å². The molecule has 46 heavy (non-hydrogen) atoms. The van der Waals surface area contributed by atoms with Crippen LogP contribution in [0.25, 0.3) is 55.4 Å². The van der Waals surface area contributed by atoms with E-state index in [9.17, 15) is 17.9 Å². The van der Waals surface area contributed by atoms with Crippen LogP contribution in [0.3, 0.4) is 0 Å². The third-order valence-electron chi connectivity index (χ3n) is 8.77. The summed E-state index contributed by atoms with van der Waals surface area (Å²) >= 11 is 0. The molecule has 1 aliphatic carbocycles. The first-order chi connectivity index (χ1) is 22.2. The maximum Gasteiger partial charge on any atom is 0.209 e. The molecule has 0 saturated heterocycles. The lowest BCUT2D eigenvalue weighted by atomic mass is 9.88. The number of pyridine rings is 1. The van der Waals surface area contributed by atoms with Crippen molar-refractivity contribution < 1.29 is 17.9 Å². The zero-order valence-electron chi connectivity index (χ0n) is 25.3. The number of nitrogens with one attached hydrogen (secondary N) is 4. The molecular weight excluding hydrogens is 603 g/mol. The van der Waals surface area contributed by atoms with Crippen LogP contribution in [0.2, 0.25) is 0 Å². The van der Waals surface area contributed by atoms with Crippen LogP contribution in [-0.2, 0) is 16.6 Å². The number of sulfonamides is 1. The molecule has 3 heterocycles. The average molecular weight is 639 g/mol. The number of rotatable bonds is 9. The number of H-pyrrole nitrogens is 2. The predicted molar refractivity (Wildman–Crippen MR) is 180 cm³/mol. The summed E-state index contributed by atoms with van der Waals surface area (Å²) in [6, 6.07) is 20.5. The molecule has 1 saturated carbocycles. The number of hydrogen-bond donors (Lipinski definition) is 5. The number of aliphatic hydroxyl groups is 1. The van der Waals surface area contributed by atoms with Crippen LogP contribution in [0.4, 0.5) is 10.1 Å². The number of hydrogen-bond acceptors (Lipinski definition) is 6. The average Bonchev–Trinajstić information content (AvgIpc) is 3.68. The van der Waals surface area contributed by atoms with Crippen LogP contribution in [0, 0.1) is 11.7 Å². The number of anilines is 1. The lowest BCUT2D eigenvalue weighted by Gasteiger charge is -2.27. The van der Waals surface area contributed by atoms with Gasteiger partial charge in [0, 0.05) is 40.5 Å². The van der Waals surface area contributed by atoms with E-state index in [0.717, 1.165) is 87.5 Å². The minimum absolute atomic E-state index is 0.00482. The number of aromatic amines is 2. The standard InChI is InChI=1S/C35H35FN6O3S/c1-46(44,45)38-18-21-12-24(14-26(36)13-21)28-8-5-9-31-29(28)17-33(40-31)34-30-16-23(10-11-32(30)41-42-34)25-15-27(20-37-19-25)39-35(43)22-6-3-2-4-7-22/h5,8-17,19-20,22,35,38-40,43H,2-4,6-7,18H2,1H3,(H,41,42). The Morgan fingerprint density at radius 3 is 2.61 bits per heavy atom. The third kappa shape index (κ3) is 6.39. The Morgan fingerprint density at radius 2 is 1.78 bits per heavy atom. The second-order valence-corrected chi connectivity index (χ2v) is 14.0. The summed E-state index contributed by atoms with van der Waals surface area (Å²) in [7, 11) is -3.42. The summed E-state index contributed by atoms with van der Waals surface area (Å²) in [6.45, 7) is -0.00482. The summed E-state index contributed by atoms with van der Waals surface area (Å²) in [5, 5.41) is 23.6. The molecule has 3 aromatic carbocycles. The molecule has 3 aromatic heterocycles. The van der Waals surface area contributed by atoms with E-state index in [2.05, 4.69) is 36.3 Å². The molecule has 1 aliphatic rings. The van der Waals surface area contributed by atoms with Crippen LogP contribution < -0.4 is 10.0 Å². The van der Waals surface area contributed by atoms with E-state index in [1.807, 2.05) is 48.7 Å². The second kappa shape index (κ2) is 12.3. The smallest absolute Gasteiger partial charge is 0.209 e. The van der Waals surface area contributed by atoms with Gasteiger partial charge in [0.2, 0.25) is 10.0 Å². The van der Waals surface area contributed by atoms with E-state index < -0.39 is 22.1 Å². The number of aliphatic hydroxyl groups excluding tert-OH is 1. The number of halogens is 1. The van der Waals surface area contributed by atoms with E-state index in [4.69, 9.17) is 0 Å². The maximum atomic E-state index is 14.7. The van der Waals surface area contributed by atoms with Crippen LogP contribution in [-0.4, -0.2) is 46.2 Å². The largest absolute Gasteiger partial charge is 0.374 e. The predicted octanol–water partition coefficient (Wildman–Crippen LogP) is 6.94. The van der Waals surface area contributed by atoms with E-state index in [1.165, 1.54) is 18.6 Å². The fraction of sp³-hybridized carbons (Fsp3) is 0.257. The van der Waals surface area contributed by atoms with E-state index >= 15 is 0 Å². The molecule has 7 rings (SSSR count). The molecule has 5 N–H and O–H groups in total. The van der Waals surface area contributed by atoms with Gasteiger partial charge in [0.05, 0.1) is 29.4 Å². The summed E-state index contributed by atoms with van der Waals surface area (Å²) in [6.07, 6.45) is 9.63. The van der Waals surface area contributed by atoms with Crippen molar-refractivity contribution in [2.75, 3.05) is 11.6 Å². The summed E-state index contributed by atoms with van der Waals surface area (Å²) in [4.78, 5) is 7.92. The summed E-state index contributed by atoms with van der Waals surface area (Å²) in [5.74, 6) is -0.197. The molecule has 0 amide bonds. The first kappa shape index (κ1) is 30.1. The highest BCUT2D eigenvalue weighted by atomic mass is 32.2. The normalized spacial score (nSPS) is 15.0. The number of benzene rings is 3. The van der Waals surface area contributed by atoms with Crippen LogP contribution in [0.5, 0.6) is 0 Å². The summed E-state index contributed by atoms with van der Waals surface area (Å²) in [5.41, 5.74) is 7.91. The zero-order chi connectivity index (χ0) is 31.8. The fourth-order valence-corrected chi connectivity index (χ4v) is 6.90. The fourth-order valence-electron chi connectivity index (χ4n) is 6.47. The van der Waals surface area contributed by atoms with Crippen molar-refractivity contribution in [2.45, 2.75) is 44.9 Å². The third-order valence-corrected chi connectivity index (χ3v) is 9.44. The minimum Gasteiger partial charge on any atom is -0.374 e. The quantitative estimate of drug-likeness (QED) is 0.109. The van der Waals surface area contributed by atoms with Gasteiger partial charge in [-0.3, -0.25) is 10.1 Å². The molecule has 6 aromatic rings. The highest BCUT2D eigenvalue weighted by Crippen LogP contribution is 2.36. The number of fused-ring (bicyclic) bond motifs is 2. The van der Waals surface area contributed by atoms with Gasteiger partial charge in [0.25, 0.3) is 0 Å². The zero-order valence-corrected chi connectivity index (χ0v) is 26.2. The number of aromatic nitrogens is 4. The first-order valence-electron chi connectivity index (χ1n) is 15.4. The minimum atomic E-state index is -3.42. The van der Waals surface area contributed by atoms with Gasteiger partial charge >= 0.3 is 0 Å². The van der Waals surface area contributed by atoms with Gasteiger partial charge in [0.15, 0.2) is 0 Å². The molecule has 11 heteroatoms. The molecule has 236 valence electrons. The van der Waals surface area contributed by atoms with Crippen LogP contribution >= 0.6 is 0 Å². The molecule has 9 nitrogen and oxygen atoms in total. The Kier molecular flexibility index (Phi) is 8.06. The molecule has 0 spiro atoms.